The predicted octanol–water partition coefficient (Wildman–Crippen LogP) is 2.94. The molecule has 0 aromatic heterocycles. The van der Waals surface area contributed by atoms with Crippen molar-refractivity contribution in [3.8, 4) is 0 Å². The van der Waals surface area contributed by atoms with E-state index in [-0.39, 0.29) is 0 Å². The number of rotatable bonds is 1. The van der Waals surface area contributed by atoms with Gasteiger partial charge < -0.3 is 0 Å². The van der Waals surface area contributed by atoms with E-state index in [1.807, 2.05) is 0 Å². The van der Waals surface area contributed by atoms with Crippen molar-refractivity contribution in [2.24, 2.45) is 0 Å². The summed E-state index contributed by atoms with van der Waals surface area (Å²) in [7, 11) is -2.03. The van der Waals surface area contributed by atoms with E-state index >= 15 is 0 Å². The van der Waals surface area contributed by atoms with Crippen molar-refractivity contribution in [1.29, 1.82) is 0 Å². The highest BCUT2D eigenvalue weighted by molar-refractivity contribution is 7.46. The summed E-state index contributed by atoms with van der Waals surface area (Å²) in [6.45, 7) is 10.3. The van der Waals surface area contributed by atoms with E-state index in [2.05, 4.69) is 50.5 Å². The van der Waals surface area contributed by atoms with Gasteiger partial charge in [0.05, 0.1) is 7.59 Å². The second-order valence-electron chi connectivity index (χ2n) is 5.74. The molecule has 0 fully saturated rings. The highest BCUT2D eigenvalue weighted by Crippen LogP contribution is 2.30. The minimum Gasteiger partial charge on any atom is -0.0712 e. The first-order chi connectivity index (χ1) is 6.45. The van der Waals surface area contributed by atoms with Crippen LogP contribution in [-0.4, -0.2) is 15.2 Å². The van der Waals surface area contributed by atoms with Crippen LogP contribution >= 0.6 is 0 Å². The lowest BCUT2D eigenvalue weighted by molar-refractivity contribution is 1.16. The van der Waals surface area contributed by atoms with Gasteiger partial charge in [-0.1, -0.05) is 61.7 Å². The van der Waals surface area contributed by atoms with Gasteiger partial charge in [0.25, 0.3) is 0 Å². The maximum atomic E-state index is 2.62. The molecule has 1 aromatic rings. The van der Waals surface area contributed by atoms with Crippen molar-refractivity contribution in [2.75, 3.05) is 0 Å². The van der Waals surface area contributed by atoms with E-state index in [4.69, 9.17) is 0 Å². The number of fused-ring (bicyclic) bond motifs is 1. The Balaban J connectivity index is 2.53. The molecule has 0 radical (unpaired) electrons. The minimum atomic E-state index is -1.07. The van der Waals surface area contributed by atoms with Gasteiger partial charge in [-0.2, -0.15) is 0 Å². The van der Waals surface area contributed by atoms with Gasteiger partial charge in [-0.3, -0.25) is 0 Å². The molecule has 1 aliphatic heterocycles. The Morgan fingerprint density at radius 1 is 1.14 bits per heavy atom. The first-order valence-electron chi connectivity index (χ1n) is 5.53. The molecule has 2 heteroatoms. The Kier molecular flexibility index (Phi) is 2.23. The van der Waals surface area contributed by atoms with E-state index in [0.29, 0.717) is 0 Å². The fraction of sp³-hybridized carbons (Fsp3) is 0.500. The third kappa shape index (κ3) is 1.32. The second-order valence-corrected chi connectivity index (χ2v) is 21.8. The zero-order valence-electron chi connectivity index (χ0n) is 9.72. The summed E-state index contributed by atoms with van der Waals surface area (Å²) in [6.07, 6.45) is 1.35. The van der Waals surface area contributed by atoms with Crippen molar-refractivity contribution < 1.29 is 0 Å². The largest absolute Gasteiger partial charge is 0.0772 e. The van der Waals surface area contributed by atoms with Gasteiger partial charge >= 0.3 is 0 Å². The smallest absolute Gasteiger partial charge is 0.0712 e. The van der Waals surface area contributed by atoms with Gasteiger partial charge in [0.15, 0.2) is 0 Å². The van der Waals surface area contributed by atoms with Crippen LogP contribution in [0, 0.1) is 0 Å². The third-order valence-electron chi connectivity index (χ3n) is 4.16. The molecule has 14 heavy (non-hydrogen) atoms. The van der Waals surface area contributed by atoms with Crippen molar-refractivity contribution in [3.63, 3.8) is 0 Å². The van der Waals surface area contributed by atoms with Crippen LogP contribution in [0.3, 0.4) is 0 Å². The minimum absolute atomic E-state index is 0.961. The number of hydrogen-bond donors (Lipinski definition) is 0. The molecule has 2 rings (SSSR count). The van der Waals surface area contributed by atoms with Crippen molar-refractivity contribution >= 4 is 20.4 Å². The lowest BCUT2D eigenvalue weighted by atomic mass is 10.2. The first kappa shape index (κ1) is 10.2. The summed E-state index contributed by atoms with van der Waals surface area (Å²) in [6, 6.07) is 10.7. The molecule has 0 N–H and O–H groups in total. The van der Waals surface area contributed by atoms with Crippen LogP contribution in [0.2, 0.25) is 32.2 Å². The quantitative estimate of drug-likeness (QED) is 0.638. The second kappa shape index (κ2) is 3.07. The summed E-state index contributed by atoms with van der Waals surface area (Å²) in [5, 5.41) is 1.78. The Morgan fingerprint density at radius 3 is 2.43 bits per heavy atom. The molecule has 0 aliphatic carbocycles. The van der Waals surface area contributed by atoms with Gasteiger partial charge in [-0.05, 0) is 12.0 Å². The molecule has 0 amide bonds. The van der Waals surface area contributed by atoms with Crippen LogP contribution in [0.5, 0.6) is 0 Å². The van der Waals surface area contributed by atoms with Gasteiger partial charge in [-0.15, -0.1) is 0 Å². The molecule has 0 bridgehead atoms. The highest BCUT2D eigenvalue weighted by Gasteiger charge is 2.46. The SMILES string of the molecule is C[Si](C)(C)[Si]1(C)CCc2ccccc21. The molecule has 1 unspecified atom stereocenters. The lowest BCUT2D eigenvalue weighted by Crippen LogP contribution is -2.61. The Morgan fingerprint density at radius 2 is 1.79 bits per heavy atom. The summed E-state index contributed by atoms with van der Waals surface area (Å²) >= 11 is 0. The van der Waals surface area contributed by atoms with Crippen LogP contribution in [0.15, 0.2) is 24.3 Å². The molecule has 0 saturated heterocycles. The normalized spacial score (nSPS) is 26.3. The van der Waals surface area contributed by atoms with Crippen molar-refractivity contribution in [1.82, 2.24) is 0 Å². The monoisotopic (exact) mass is 220 g/mol. The number of benzene rings is 1. The molecular formula is C12H20Si2. The highest BCUT2D eigenvalue weighted by atomic mass is 29.3. The van der Waals surface area contributed by atoms with Crippen LogP contribution in [0.25, 0.3) is 0 Å². The van der Waals surface area contributed by atoms with E-state index in [0.717, 1.165) is 0 Å². The first-order valence-corrected chi connectivity index (χ1v) is 12.7. The van der Waals surface area contributed by atoms with Gasteiger partial charge in [0, 0.05) is 7.59 Å². The molecule has 1 aliphatic rings. The molecular weight excluding hydrogens is 200 g/mol. The zero-order valence-corrected chi connectivity index (χ0v) is 11.7. The molecule has 0 spiro atoms. The maximum Gasteiger partial charge on any atom is 0.0772 e. The lowest BCUT2D eigenvalue weighted by Gasteiger charge is -2.36. The van der Waals surface area contributed by atoms with E-state index in [1.54, 1.807) is 10.8 Å². The molecule has 76 valence electrons. The summed E-state index contributed by atoms with van der Waals surface area (Å²) in [5.41, 5.74) is 1.66. The van der Waals surface area contributed by atoms with E-state index in [9.17, 15) is 0 Å². The maximum absolute atomic E-state index is 2.62. The van der Waals surface area contributed by atoms with Gasteiger partial charge in [0.2, 0.25) is 0 Å². The number of hydrogen-bond acceptors (Lipinski definition) is 0. The summed E-state index contributed by atoms with van der Waals surface area (Å²) in [5.74, 6) is 0. The predicted molar refractivity (Wildman–Crippen MR) is 69.6 cm³/mol. The van der Waals surface area contributed by atoms with Crippen molar-refractivity contribution in [3.05, 3.63) is 29.8 Å². The molecule has 0 nitrogen and oxygen atoms in total. The Hall–Kier alpha value is -0.346. The van der Waals surface area contributed by atoms with Gasteiger partial charge in [0.1, 0.15) is 0 Å². The van der Waals surface area contributed by atoms with Crippen LogP contribution in [0.1, 0.15) is 5.56 Å². The fourth-order valence-electron chi connectivity index (χ4n) is 2.57. The van der Waals surface area contributed by atoms with Crippen molar-refractivity contribution in [2.45, 2.75) is 38.7 Å². The van der Waals surface area contributed by atoms with Gasteiger partial charge in [-0.25, -0.2) is 0 Å². The average molecular weight is 220 g/mol. The summed E-state index contributed by atoms with van der Waals surface area (Å²) in [4.78, 5) is 0. The van der Waals surface area contributed by atoms with Crippen LogP contribution in [0.4, 0.5) is 0 Å². The topological polar surface area (TPSA) is 0 Å². The standard InChI is InChI=1S/C12H20Si2/c1-13(2,3)14(4)10-9-11-7-5-6-8-12(11)14/h5-8H,9-10H2,1-4H3. The Labute approximate surface area is 89.2 Å². The molecule has 1 heterocycles. The molecule has 1 aromatic carbocycles. The molecule has 0 saturated carbocycles. The third-order valence-corrected chi connectivity index (χ3v) is 21.9. The van der Waals surface area contributed by atoms with Crippen LogP contribution < -0.4 is 5.19 Å². The Bertz CT molecular complexity index is 352. The van der Waals surface area contributed by atoms with Crippen LogP contribution in [-0.2, 0) is 6.42 Å². The number of aryl methyl sites for hydroxylation is 1. The zero-order chi connectivity index (χ0) is 10.4. The van der Waals surface area contributed by atoms with E-state index < -0.39 is 15.2 Å². The summed E-state index contributed by atoms with van der Waals surface area (Å²) < 4.78 is 0. The average Bonchev–Trinajstić information content (AvgIpc) is 2.45. The fourth-order valence-corrected chi connectivity index (χ4v) is 12.3. The van der Waals surface area contributed by atoms with E-state index in [1.165, 1.54) is 12.5 Å². The molecule has 1 atom stereocenters.